The Labute approximate surface area is 168 Å². The van der Waals surface area contributed by atoms with Gasteiger partial charge in [0.2, 0.25) is 0 Å². The molecule has 0 atom stereocenters. The summed E-state index contributed by atoms with van der Waals surface area (Å²) in [5, 5.41) is 4.13. The van der Waals surface area contributed by atoms with Crippen LogP contribution >= 0.6 is 11.8 Å². The Hall–Kier alpha value is -2.77. The smallest absolute Gasteiger partial charge is 0.304 e. The van der Waals surface area contributed by atoms with Crippen molar-refractivity contribution in [1.29, 1.82) is 0 Å². The predicted molar refractivity (Wildman–Crippen MR) is 108 cm³/mol. The third-order valence-electron chi connectivity index (χ3n) is 4.57. The van der Waals surface area contributed by atoms with Crippen molar-refractivity contribution in [3.63, 3.8) is 0 Å². The molecule has 0 bridgehead atoms. The van der Waals surface area contributed by atoms with E-state index in [2.05, 4.69) is 34.3 Å². The maximum atomic E-state index is 12.4. The summed E-state index contributed by atoms with van der Waals surface area (Å²) in [6, 6.07) is 20.4. The second-order valence-corrected chi connectivity index (χ2v) is 7.75. The molecule has 144 valence electrons. The first-order valence-corrected chi connectivity index (χ1v) is 10.1. The number of benzene rings is 2. The Morgan fingerprint density at radius 1 is 0.929 bits per heavy atom. The molecule has 1 saturated heterocycles. The predicted octanol–water partition coefficient (Wildman–Crippen LogP) is 3.40. The van der Waals surface area contributed by atoms with Gasteiger partial charge in [0, 0.05) is 37.6 Å². The number of hydrogen-bond acceptors (Lipinski definition) is 5. The van der Waals surface area contributed by atoms with Gasteiger partial charge in [-0.3, -0.25) is 9.74 Å². The Kier molecular flexibility index (Phi) is 5.94. The monoisotopic (exact) mass is 394 g/mol. The third kappa shape index (κ3) is 4.94. The average molecular weight is 395 g/mol. The van der Waals surface area contributed by atoms with E-state index in [1.54, 1.807) is 29.1 Å². The topological polar surface area (TPSA) is 50.6 Å². The van der Waals surface area contributed by atoms with E-state index in [0.29, 0.717) is 13.1 Å². The molecule has 1 amide bonds. The summed E-state index contributed by atoms with van der Waals surface area (Å²) < 4.78 is 0. The van der Waals surface area contributed by atoms with Gasteiger partial charge in [-0.25, -0.2) is 4.79 Å². The van der Waals surface area contributed by atoms with Gasteiger partial charge in [-0.05, 0) is 17.7 Å². The quantitative estimate of drug-likeness (QED) is 0.664. The van der Waals surface area contributed by atoms with Crippen LogP contribution in [0.15, 0.2) is 82.8 Å². The van der Waals surface area contributed by atoms with E-state index >= 15 is 0 Å². The van der Waals surface area contributed by atoms with E-state index in [4.69, 9.17) is 4.84 Å². The molecule has 1 aromatic heterocycles. The molecule has 7 heteroatoms. The zero-order chi connectivity index (χ0) is 19.2. The molecule has 6 nitrogen and oxygen atoms in total. The van der Waals surface area contributed by atoms with Gasteiger partial charge in [-0.15, -0.1) is 5.10 Å². The molecule has 0 saturated carbocycles. The van der Waals surface area contributed by atoms with Gasteiger partial charge in [0.25, 0.3) is 0 Å². The second-order valence-electron chi connectivity index (χ2n) is 6.60. The van der Waals surface area contributed by atoms with Crippen molar-refractivity contribution < 1.29 is 9.63 Å². The molecule has 2 heterocycles. The van der Waals surface area contributed by atoms with Crippen molar-refractivity contribution in [3.05, 3.63) is 78.6 Å². The SMILES string of the molecule is O=C(On1cc(Sc2ccccc2)cn1)N1CCN(Cc2ccccc2)CC1. The normalized spacial score (nSPS) is 14.8. The fourth-order valence-corrected chi connectivity index (χ4v) is 3.89. The average Bonchev–Trinajstić information content (AvgIpc) is 3.17. The van der Waals surface area contributed by atoms with Gasteiger partial charge in [0.1, 0.15) is 0 Å². The molecule has 2 aromatic carbocycles. The minimum absolute atomic E-state index is 0.362. The summed E-state index contributed by atoms with van der Waals surface area (Å²) in [5.41, 5.74) is 1.29. The fraction of sp³-hybridized carbons (Fsp3) is 0.238. The highest BCUT2D eigenvalue weighted by atomic mass is 32.2. The van der Waals surface area contributed by atoms with Crippen LogP contribution in [0.2, 0.25) is 0 Å². The van der Waals surface area contributed by atoms with Crippen molar-refractivity contribution in [3.8, 4) is 0 Å². The zero-order valence-electron chi connectivity index (χ0n) is 15.5. The Morgan fingerprint density at radius 2 is 1.61 bits per heavy atom. The summed E-state index contributed by atoms with van der Waals surface area (Å²) in [5.74, 6) is 0. The summed E-state index contributed by atoms with van der Waals surface area (Å²) in [7, 11) is 0. The standard InChI is InChI=1S/C21H22N4O2S/c26-21(24-13-11-23(12-14-24)16-18-7-3-1-4-8-18)27-25-17-20(15-22-25)28-19-9-5-2-6-10-19/h1-10,15,17H,11-14,16H2. The summed E-state index contributed by atoms with van der Waals surface area (Å²) in [4.78, 5) is 25.2. The molecule has 1 fully saturated rings. The van der Waals surface area contributed by atoms with E-state index < -0.39 is 0 Å². The third-order valence-corrected chi connectivity index (χ3v) is 5.52. The van der Waals surface area contributed by atoms with E-state index in [9.17, 15) is 4.79 Å². The number of amides is 1. The highest BCUT2D eigenvalue weighted by molar-refractivity contribution is 7.99. The highest BCUT2D eigenvalue weighted by Gasteiger charge is 2.23. The van der Waals surface area contributed by atoms with Crippen LogP contribution in [0.5, 0.6) is 0 Å². The lowest BCUT2D eigenvalue weighted by molar-refractivity contribution is 0.0577. The van der Waals surface area contributed by atoms with Crippen LogP contribution in [-0.2, 0) is 6.54 Å². The van der Waals surface area contributed by atoms with Gasteiger partial charge in [0.15, 0.2) is 0 Å². The number of piperazine rings is 1. The van der Waals surface area contributed by atoms with Gasteiger partial charge in [-0.1, -0.05) is 65.1 Å². The molecule has 4 rings (SSSR count). The molecule has 1 aliphatic rings. The maximum absolute atomic E-state index is 12.4. The van der Waals surface area contributed by atoms with Crippen LogP contribution in [0.1, 0.15) is 5.56 Å². The van der Waals surface area contributed by atoms with Gasteiger partial charge >= 0.3 is 6.09 Å². The molecule has 3 aromatic rings. The molecule has 0 N–H and O–H groups in total. The molecule has 0 spiro atoms. The number of carbonyl (C=O) groups is 1. The van der Waals surface area contributed by atoms with Crippen molar-refractivity contribution >= 4 is 17.9 Å². The lowest BCUT2D eigenvalue weighted by atomic mass is 10.2. The van der Waals surface area contributed by atoms with Crippen molar-refractivity contribution in [2.24, 2.45) is 0 Å². The Morgan fingerprint density at radius 3 is 2.32 bits per heavy atom. The first-order valence-electron chi connectivity index (χ1n) is 9.27. The van der Waals surface area contributed by atoms with E-state index in [1.807, 2.05) is 36.4 Å². The van der Waals surface area contributed by atoms with E-state index in [-0.39, 0.29) is 6.09 Å². The van der Waals surface area contributed by atoms with Gasteiger partial charge in [0.05, 0.1) is 17.3 Å². The molecule has 1 aliphatic heterocycles. The van der Waals surface area contributed by atoms with E-state index in [0.717, 1.165) is 29.4 Å². The largest absolute Gasteiger partial charge is 0.436 e. The van der Waals surface area contributed by atoms with E-state index in [1.165, 1.54) is 10.4 Å². The van der Waals surface area contributed by atoms with Crippen LogP contribution in [0.25, 0.3) is 0 Å². The molecular formula is C21H22N4O2S. The second kappa shape index (κ2) is 8.95. The Balaban J connectivity index is 1.26. The fourth-order valence-electron chi connectivity index (χ4n) is 3.08. The summed E-state index contributed by atoms with van der Waals surface area (Å²) >= 11 is 1.58. The number of hydrogen-bond donors (Lipinski definition) is 0. The summed E-state index contributed by atoms with van der Waals surface area (Å²) in [6.07, 6.45) is 3.06. The highest BCUT2D eigenvalue weighted by Crippen LogP contribution is 2.26. The maximum Gasteiger partial charge on any atom is 0.436 e. The minimum atomic E-state index is -0.362. The lowest BCUT2D eigenvalue weighted by Crippen LogP contribution is -2.50. The number of nitrogens with zero attached hydrogens (tertiary/aromatic N) is 4. The first-order chi connectivity index (χ1) is 13.8. The number of carbonyl (C=O) groups excluding carboxylic acids is 1. The van der Waals surface area contributed by atoms with Crippen molar-refractivity contribution in [1.82, 2.24) is 19.7 Å². The molecular weight excluding hydrogens is 372 g/mol. The van der Waals surface area contributed by atoms with Gasteiger partial charge < -0.3 is 4.90 Å². The van der Waals surface area contributed by atoms with Crippen LogP contribution in [-0.4, -0.2) is 52.0 Å². The molecule has 28 heavy (non-hydrogen) atoms. The van der Waals surface area contributed by atoms with Crippen molar-refractivity contribution in [2.45, 2.75) is 16.3 Å². The van der Waals surface area contributed by atoms with Crippen LogP contribution < -0.4 is 4.84 Å². The number of rotatable bonds is 5. The van der Waals surface area contributed by atoms with Gasteiger partial charge in [-0.2, -0.15) is 0 Å². The van der Waals surface area contributed by atoms with Crippen LogP contribution in [0.3, 0.4) is 0 Å². The minimum Gasteiger partial charge on any atom is -0.304 e. The van der Waals surface area contributed by atoms with Crippen LogP contribution in [0.4, 0.5) is 4.79 Å². The van der Waals surface area contributed by atoms with Crippen molar-refractivity contribution in [2.75, 3.05) is 26.2 Å². The molecule has 0 aliphatic carbocycles. The molecule has 0 unspecified atom stereocenters. The Bertz CT molecular complexity index is 893. The zero-order valence-corrected chi connectivity index (χ0v) is 16.3. The summed E-state index contributed by atoms with van der Waals surface area (Å²) in [6.45, 7) is 3.87. The molecule has 0 radical (unpaired) electrons. The van der Waals surface area contributed by atoms with Crippen LogP contribution in [0, 0.1) is 0 Å². The first kappa shape index (κ1) is 18.6. The number of aromatic nitrogens is 2. The lowest BCUT2D eigenvalue weighted by Gasteiger charge is -2.33.